The summed E-state index contributed by atoms with van der Waals surface area (Å²) in [7, 11) is 0. The zero-order chi connectivity index (χ0) is 16.9. The van der Waals surface area contributed by atoms with Gasteiger partial charge in [-0.1, -0.05) is 32.9 Å². The summed E-state index contributed by atoms with van der Waals surface area (Å²) >= 11 is 0. The highest BCUT2D eigenvalue weighted by Crippen LogP contribution is 2.22. The Morgan fingerprint density at radius 2 is 1.57 bits per heavy atom. The molecule has 0 aliphatic rings. The summed E-state index contributed by atoms with van der Waals surface area (Å²) in [5, 5.41) is 2.94. The second-order valence-electron chi connectivity index (χ2n) is 6.12. The van der Waals surface area contributed by atoms with Crippen molar-refractivity contribution in [1.29, 1.82) is 0 Å². The van der Waals surface area contributed by atoms with Gasteiger partial charge in [-0.25, -0.2) is 4.39 Å². The molecule has 0 aliphatic heterocycles. The number of ether oxygens (including phenoxy) is 1. The van der Waals surface area contributed by atoms with E-state index in [0.717, 1.165) is 12.0 Å². The highest BCUT2D eigenvalue weighted by molar-refractivity contribution is 5.81. The summed E-state index contributed by atoms with van der Waals surface area (Å²) in [6.45, 7) is 6.35. The molecule has 23 heavy (non-hydrogen) atoms. The van der Waals surface area contributed by atoms with E-state index in [1.54, 1.807) is 12.1 Å². The van der Waals surface area contributed by atoms with Crippen molar-refractivity contribution in [2.75, 3.05) is 0 Å². The number of carbonyl (C=O) groups is 1. The van der Waals surface area contributed by atoms with Crippen molar-refractivity contribution in [2.24, 2.45) is 5.41 Å². The number of halogens is 1. The lowest BCUT2D eigenvalue weighted by Gasteiger charge is -2.21. The highest BCUT2D eigenvalue weighted by Gasteiger charge is 2.24. The number of benzene rings is 2. The topological polar surface area (TPSA) is 38.3 Å². The molecule has 3 nitrogen and oxygen atoms in total. The number of rotatable bonds is 6. The molecule has 0 saturated carbocycles. The average molecular weight is 315 g/mol. The van der Waals surface area contributed by atoms with Gasteiger partial charge in [0.25, 0.3) is 0 Å². The number of hydrogen-bond acceptors (Lipinski definition) is 2. The van der Waals surface area contributed by atoms with E-state index in [1.165, 1.54) is 12.1 Å². The third-order valence-electron chi connectivity index (χ3n) is 3.92. The minimum absolute atomic E-state index is 0.0478. The minimum atomic E-state index is -0.356. The van der Waals surface area contributed by atoms with Gasteiger partial charge in [0.1, 0.15) is 17.3 Å². The summed E-state index contributed by atoms with van der Waals surface area (Å²) in [4.78, 5) is 12.0. The molecule has 2 aromatic carbocycles. The van der Waals surface area contributed by atoms with Crippen molar-refractivity contribution in [3.8, 4) is 11.5 Å². The van der Waals surface area contributed by atoms with Crippen molar-refractivity contribution in [3.05, 3.63) is 59.9 Å². The first-order valence-electron chi connectivity index (χ1n) is 7.71. The van der Waals surface area contributed by atoms with Crippen molar-refractivity contribution >= 4 is 5.91 Å². The van der Waals surface area contributed by atoms with Crippen LogP contribution in [0.2, 0.25) is 0 Å². The SMILES string of the molecule is CCC(C)(C)C(=O)NCc1ccc(Oc2ccc(F)cc2)cc1. The summed E-state index contributed by atoms with van der Waals surface area (Å²) in [6.07, 6.45) is 0.795. The van der Waals surface area contributed by atoms with E-state index in [2.05, 4.69) is 5.32 Å². The van der Waals surface area contributed by atoms with Crippen molar-refractivity contribution in [1.82, 2.24) is 5.32 Å². The Kier molecular flexibility index (Phi) is 5.37. The summed E-state index contributed by atoms with van der Waals surface area (Å²) in [6, 6.07) is 13.3. The molecule has 0 unspecified atom stereocenters. The van der Waals surface area contributed by atoms with Crippen molar-refractivity contribution in [2.45, 2.75) is 33.7 Å². The lowest BCUT2D eigenvalue weighted by atomic mass is 9.89. The lowest BCUT2D eigenvalue weighted by Crippen LogP contribution is -2.35. The number of carbonyl (C=O) groups excluding carboxylic acids is 1. The van der Waals surface area contributed by atoms with Crippen LogP contribution < -0.4 is 10.1 Å². The fourth-order valence-electron chi connectivity index (χ4n) is 1.90. The van der Waals surface area contributed by atoms with Gasteiger partial charge in [-0.15, -0.1) is 0 Å². The Labute approximate surface area is 136 Å². The monoisotopic (exact) mass is 315 g/mol. The molecule has 0 aromatic heterocycles. The molecule has 2 aromatic rings. The number of amides is 1. The van der Waals surface area contributed by atoms with Gasteiger partial charge in [0, 0.05) is 12.0 Å². The molecule has 1 amide bonds. The van der Waals surface area contributed by atoms with Gasteiger partial charge in [-0.05, 0) is 48.4 Å². The maximum atomic E-state index is 12.8. The Balaban J connectivity index is 1.92. The van der Waals surface area contributed by atoms with Crippen LogP contribution in [0.1, 0.15) is 32.8 Å². The lowest BCUT2D eigenvalue weighted by molar-refractivity contribution is -0.129. The molecule has 0 spiro atoms. The second kappa shape index (κ2) is 7.27. The summed E-state index contributed by atoms with van der Waals surface area (Å²) in [5.41, 5.74) is 0.641. The fourth-order valence-corrected chi connectivity index (χ4v) is 1.90. The van der Waals surface area contributed by atoms with Gasteiger partial charge >= 0.3 is 0 Å². The third kappa shape index (κ3) is 4.81. The first-order valence-corrected chi connectivity index (χ1v) is 7.71. The van der Waals surface area contributed by atoms with Gasteiger partial charge in [0.2, 0.25) is 5.91 Å². The standard InChI is InChI=1S/C19H22FNO2/c1-4-19(2,3)18(22)21-13-14-5-9-16(10-6-14)23-17-11-7-15(20)8-12-17/h5-12H,4,13H2,1-3H3,(H,21,22). The van der Waals surface area contributed by atoms with Crippen LogP contribution >= 0.6 is 0 Å². The van der Waals surface area contributed by atoms with Gasteiger partial charge < -0.3 is 10.1 Å². The van der Waals surface area contributed by atoms with E-state index >= 15 is 0 Å². The summed E-state index contributed by atoms with van der Waals surface area (Å²) < 4.78 is 18.5. The molecule has 4 heteroatoms. The third-order valence-corrected chi connectivity index (χ3v) is 3.92. The van der Waals surface area contributed by atoms with Crippen LogP contribution in [-0.2, 0) is 11.3 Å². The molecule has 0 fully saturated rings. The van der Waals surface area contributed by atoms with Gasteiger partial charge in [0.15, 0.2) is 0 Å². The molecule has 0 bridgehead atoms. The molecule has 122 valence electrons. The van der Waals surface area contributed by atoms with Crippen LogP contribution in [0.25, 0.3) is 0 Å². The van der Waals surface area contributed by atoms with Gasteiger partial charge in [0.05, 0.1) is 0 Å². The second-order valence-corrected chi connectivity index (χ2v) is 6.12. The van der Waals surface area contributed by atoms with E-state index in [-0.39, 0.29) is 17.1 Å². The van der Waals surface area contributed by atoms with Gasteiger partial charge in [-0.2, -0.15) is 0 Å². The maximum absolute atomic E-state index is 12.8. The molecule has 0 atom stereocenters. The number of hydrogen-bond donors (Lipinski definition) is 1. The fraction of sp³-hybridized carbons (Fsp3) is 0.316. The van der Waals surface area contributed by atoms with E-state index in [0.29, 0.717) is 18.0 Å². The van der Waals surface area contributed by atoms with Crippen molar-refractivity contribution in [3.63, 3.8) is 0 Å². The van der Waals surface area contributed by atoms with Crippen LogP contribution in [-0.4, -0.2) is 5.91 Å². The van der Waals surface area contributed by atoms with E-state index in [9.17, 15) is 9.18 Å². The van der Waals surface area contributed by atoms with Crippen LogP contribution in [0.4, 0.5) is 4.39 Å². The quantitative estimate of drug-likeness (QED) is 0.841. The van der Waals surface area contributed by atoms with Crippen LogP contribution in [0, 0.1) is 11.2 Å². The van der Waals surface area contributed by atoms with Gasteiger partial charge in [-0.3, -0.25) is 4.79 Å². The number of nitrogens with one attached hydrogen (secondary N) is 1. The van der Waals surface area contributed by atoms with E-state index < -0.39 is 0 Å². The molecule has 2 rings (SSSR count). The molecule has 1 N–H and O–H groups in total. The molecule has 0 radical (unpaired) electrons. The Morgan fingerprint density at radius 1 is 1.04 bits per heavy atom. The first-order chi connectivity index (χ1) is 10.9. The normalized spacial score (nSPS) is 11.1. The van der Waals surface area contributed by atoms with Crippen LogP contribution in [0.5, 0.6) is 11.5 Å². The van der Waals surface area contributed by atoms with Crippen LogP contribution in [0.15, 0.2) is 48.5 Å². The predicted molar refractivity (Wildman–Crippen MR) is 88.8 cm³/mol. The molecule has 0 saturated heterocycles. The molecule has 0 aliphatic carbocycles. The van der Waals surface area contributed by atoms with E-state index in [1.807, 2.05) is 45.0 Å². The van der Waals surface area contributed by atoms with E-state index in [4.69, 9.17) is 4.74 Å². The zero-order valence-corrected chi connectivity index (χ0v) is 13.7. The largest absolute Gasteiger partial charge is 0.457 e. The van der Waals surface area contributed by atoms with Crippen molar-refractivity contribution < 1.29 is 13.9 Å². The molecule has 0 heterocycles. The zero-order valence-electron chi connectivity index (χ0n) is 13.7. The molecular weight excluding hydrogens is 293 g/mol. The minimum Gasteiger partial charge on any atom is -0.457 e. The predicted octanol–water partition coefficient (Wildman–Crippen LogP) is 4.67. The highest BCUT2D eigenvalue weighted by atomic mass is 19.1. The smallest absolute Gasteiger partial charge is 0.225 e. The first kappa shape index (κ1) is 17.0. The Bertz CT molecular complexity index is 648. The molecular formula is C19H22FNO2. The Hall–Kier alpha value is -2.36. The average Bonchev–Trinajstić information content (AvgIpc) is 2.56. The Morgan fingerprint density at radius 3 is 2.09 bits per heavy atom. The summed E-state index contributed by atoms with van der Waals surface area (Å²) in [5.74, 6) is 1.00. The maximum Gasteiger partial charge on any atom is 0.225 e. The van der Waals surface area contributed by atoms with Crippen LogP contribution in [0.3, 0.4) is 0 Å².